The Morgan fingerprint density at radius 2 is 1.47 bits per heavy atom. The van der Waals surface area contributed by atoms with E-state index in [1.807, 2.05) is 103 Å². The molecule has 6 rings (SSSR count). The van der Waals surface area contributed by atoms with E-state index in [2.05, 4.69) is 35.7 Å². The third-order valence-electron chi connectivity index (χ3n) is 5.67. The van der Waals surface area contributed by atoms with Crippen LogP contribution in [0.4, 0.5) is 23.0 Å². The van der Waals surface area contributed by atoms with Crippen LogP contribution >= 0.6 is 0 Å². The highest BCUT2D eigenvalue weighted by Gasteiger charge is 2.12. The van der Waals surface area contributed by atoms with Gasteiger partial charge in [0, 0.05) is 23.0 Å². The van der Waals surface area contributed by atoms with E-state index in [0.29, 0.717) is 11.6 Å². The molecule has 8 heteroatoms. The lowest BCUT2D eigenvalue weighted by molar-refractivity contribution is 0.895. The standard InChI is InChI=1S/C28H22N8/c1-19-32-25(20-9-4-2-5-10-20)16-26(33-19)34-21-11-8-12-22(15-21)35-27-24-17-31-36(28(24)30-18-29-27)23-13-6-3-7-14-23/h2-18H,1H3,(H,29,30,35)(H,32,33,34). The highest BCUT2D eigenvalue weighted by Crippen LogP contribution is 2.27. The minimum Gasteiger partial charge on any atom is -0.340 e. The monoisotopic (exact) mass is 470 g/mol. The number of aryl methyl sites for hydroxylation is 1. The van der Waals surface area contributed by atoms with Gasteiger partial charge in [-0.25, -0.2) is 24.6 Å². The first-order valence-electron chi connectivity index (χ1n) is 11.5. The molecular weight excluding hydrogens is 448 g/mol. The van der Waals surface area contributed by atoms with E-state index >= 15 is 0 Å². The summed E-state index contributed by atoms with van der Waals surface area (Å²) < 4.78 is 1.81. The average molecular weight is 471 g/mol. The van der Waals surface area contributed by atoms with E-state index in [9.17, 15) is 0 Å². The summed E-state index contributed by atoms with van der Waals surface area (Å²) in [5.74, 6) is 2.11. The number of aromatic nitrogens is 6. The summed E-state index contributed by atoms with van der Waals surface area (Å²) in [7, 11) is 0. The largest absolute Gasteiger partial charge is 0.340 e. The molecular formula is C28H22N8. The lowest BCUT2D eigenvalue weighted by Gasteiger charge is -2.11. The predicted molar refractivity (Wildman–Crippen MR) is 142 cm³/mol. The Balaban J connectivity index is 1.27. The molecule has 0 atom stereocenters. The molecule has 0 aliphatic rings. The number of rotatable bonds is 6. The second-order valence-electron chi connectivity index (χ2n) is 8.23. The van der Waals surface area contributed by atoms with Gasteiger partial charge in [0.1, 0.15) is 23.8 Å². The fraction of sp³-hybridized carbons (Fsp3) is 0.0357. The van der Waals surface area contributed by atoms with E-state index in [1.54, 1.807) is 12.5 Å². The van der Waals surface area contributed by atoms with Crippen molar-refractivity contribution in [1.82, 2.24) is 29.7 Å². The van der Waals surface area contributed by atoms with Crippen LogP contribution in [0.15, 0.2) is 104 Å². The third kappa shape index (κ3) is 4.35. The molecule has 3 aromatic carbocycles. The van der Waals surface area contributed by atoms with Crippen molar-refractivity contribution in [3.8, 4) is 16.9 Å². The second-order valence-corrected chi connectivity index (χ2v) is 8.23. The van der Waals surface area contributed by atoms with Gasteiger partial charge >= 0.3 is 0 Å². The number of para-hydroxylation sites is 1. The molecule has 0 unspecified atom stereocenters. The molecule has 0 amide bonds. The molecule has 0 radical (unpaired) electrons. The van der Waals surface area contributed by atoms with E-state index in [-0.39, 0.29) is 0 Å². The van der Waals surface area contributed by atoms with Gasteiger partial charge in [0.15, 0.2) is 5.65 Å². The van der Waals surface area contributed by atoms with E-state index in [4.69, 9.17) is 0 Å². The van der Waals surface area contributed by atoms with Crippen LogP contribution in [-0.4, -0.2) is 29.7 Å². The summed E-state index contributed by atoms with van der Waals surface area (Å²) in [4.78, 5) is 18.1. The number of nitrogens with zero attached hydrogens (tertiary/aromatic N) is 6. The molecule has 6 aromatic rings. The molecule has 0 fully saturated rings. The van der Waals surface area contributed by atoms with Crippen LogP contribution in [0.5, 0.6) is 0 Å². The van der Waals surface area contributed by atoms with Crippen LogP contribution in [0.2, 0.25) is 0 Å². The van der Waals surface area contributed by atoms with Crippen LogP contribution in [0.25, 0.3) is 28.0 Å². The lowest BCUT2D eigenvalue weighted by atomic mass is 10.1. The molecule has 0 aliphatic carbocycles. The van der Waals surface area contributed by atoms with Crippen molar-refractivity contribution < 1.29 is 0 Å². The van der Waals surface area contributed by atoms with Gasteiger partial charge in [-0.2, -0.15) is 5.10 Å². The SMILES string of the molecule is Cc1nc(Nc2cccc(Nc3ncnc4c3cnn4-c3ccccc3)c2)cc(-c2ccccc2)n1. The summed E-state index contributed by atoms with van der Waals surface area (Å²) in [6.45, 7) is 1.89. The van der Waals surface area contributed by atoms with Gasteiger partial charge in [0.2, 0.25) is 0 Å². The maximum atomic E-state index is 4.59. The topological polar surface area (TPSA) is 93.4 Å². The summed E-state index contributed by atoms with van der Waals surface area (Å²) in [6.07, 6.45) is 3.32. The van der Waals surface area contributed by atoms with Gasteiger partial charge in [-0.3, -0.25) is 0 Å². The fourth-order valence-electron chi connectivity index (χ4n) is 4.05. The Morgan fingerprint density at radius 3 is 2.28 bits per heavy atom. The molecule has 0 bridgehead atoms. The minimum atomic E-state index is 0.684. The minimum absolute atomic E-state index is 0.684. The summed E-state index contributed by atoms with van der Waals surface area (Å²) >= 11 is 0. The van der Waals surface area contributed by atoms with Crippen molar-refractivity contribution in [1.29, 1.82) is 0 Å². The zero-order valence-corrected chi connectivity index (χ0v) is 19.5. The van der Waals surface area contributed by atoms with Crippen molar-refractivity contribution in [2.75, 3.05) is 10.6 Å². The van der Waals surface area contributed by atoms with Gasteiger partial charge in [-0.15, -0.1) is 0 Å². The Kier molecular flexibility index (Phi) is 5.51. The zero-order valence-electron chi connectivity index (χ0n) is 19.5. The Morgan fingerprint density at radius 1 is 0.722 bits per heavy atom. The van der Waals surface area contributed by atoms with Crippen LogP contribution in [-0.2, 0) is 0 Å². The van der Waals surface area contributed by atoms with Crippen molar-refractivity contribution in [2.24, 2.45) is 0 Å². The molecule has 2 N–H and O–H groups in total. The number of fused-ring (bicyclic) bond motifs is 1. The average Bonchev–Trinajstić information content (AvgIpc) is 3.35. The number of anilines is 4. The van der Waals surface area contributed by atoms with Gasteiger partial charge in [0.05, 0.1) is 23.0 Å². The molecule has 0 saturated heterocycles. The van der Waals surface area contributed by atoms with E-state index < -0.39 is 0 Å². The first-order chi connectivity index (χ1) is 17.7. The Hall–Kier alpha value is -5.11. The molecule has 0 aliphatic heterocycles. The first-order valence-corrected chi connectivity index (χ1v) is 11.5. The second kappa shape index (κ2) is 9.27. The van der Waals surface area contributed by atoms with Crippen molar-refractivity contribution in [3.05, 3.63) is 109 Å². The van der Waals surface area contributed by atoms with Crippen LogP contribution < -0.4 is 10.6 Å². The molecule has 8 nitrogen and oxygen atoms in total. The fourth-order valence-corrected chi connectivity index (χ4v) is 4.05. The zero-order chi connectivity index (χ0) is 24.3. The van der Waals surface area contributed by atoms with Crippen molar-refractivity contribution in [2.45, 2.75) is 6.92 Å². The molecule has 0 spiro atoms. The van der Waals surface area contributed by atoms with Crippen molar-refractivity contribution in [3.63, 3.8) is 0 Å². The maximum absolute atomic E-state index is 4.59. The molecule has 3 aromatic heterocycles. The maximum Gasteiger partial charge on any atom is 0.168 e. The Labute approximate surface area is 207 Å². The summed E-state index contributed by atoms with van der Waals surface area (Å²) in [6, 6.07) is 29.9. The quantitative estimate of drug-likeness (QED) is 0.305. The third-order valence-corrected chi connectivity index (χ3v) is 5.67. The van der Waals surface area contributed by atoms with Crippen LogP contribution in [0.1, 0.15) is 5.82 Å². The van der Waals surface area contributed by atoms with E-state index in [1.165, 1.54) is 0 Å². The van der Waals surface area contributed by atoms with Gasteiger partial charge in [0.25, 0.3) is 0 Å². The number of nitrogens with one attached hydrogen (secondary N) is 2. The van der Waals surface area contributed by atoms with Gasteiger partial charge in [-0.1, -0.05) is 54.6 Å². The number of hydrogen-bond donors (Lipinski definition) is 2. The van der Waals surface area contributed by atoms with Crippen molar-refractivity contribution >= 4 is 34.0 Å². The smallest absolute Gasteiger partial charge is 0.168 e. The Bertz CT molecular complexity index is 1650. The number of benzene rings is 3. The highest BCUT2D eigenvalue weighted by atomic mass is 15.3. The summed E-state index contributed by atoms with van der Waals surface area (Å²) in [5.41, 5.74) is 5.36. The molecule has 0 saturated carbocycles. The van der Waals surface area contributed by atoms with Gasteiger partial charge in [-0.05, 0) is 37.3 Å². The number of hydrogen-bond acceptors (Lipinski definition) is 7. The van der Waals surface area contributed by atoms with Crippen LogP contribution in [0, 0.1) is 6.92 Å². The van der Waals surface area contributed by atoms with E-state index in [0.717, 1.165) is 45.2 Å². The van der Waals surface area contributed by atoms with Crippen LogP contribution in [0.3, 0.4) is 0 Å². The normalized spacial score (nSPS) is 10.9. The summed E-state index contributed by atoms with van der Waals surface area (Å²) in [5, 5.41) is 12.2. The molecule has 174 valence electrons. The lowest BCUT2D eigenvalue weighted by Crippen LogP contribution is -2.01. The predicted octanol–water partition coefficient (Wildman–Crippen LogP) is 6.07. The van der Waals surface area contributed by atoms with Gasteiger partial charge < -0.3 is 10.6 Å². The molecule has 36 heavy (non-hydrogen) atoms. The molecule has 3 heterocycles. The highest BCUT2D eigenvalue weighted by molar-refractivity contribution is 5.89. The first kappa shape index (κ1) is 21.4.